The molecule has 1 atom stereocenters. The molecule has 1 nitrogen and oxygen atoms in total. The molecule has 0 aliphatic carbocycles. The van der Waals surface area contributed by atoms with Crippen molar-refractivity contribution in [1.29, 1.82) is 0 Å². The molecule has 1 unspecified atom stereocenters. The molecule has 0 aliphatic heterocycles. The number of hydrogen-bond donors (Lipinski definition) is 1. The van der Waals surface area contributed by atoms with Gasteiger partial charge in [-0.05, 0) is 46.9 Å². The predicted octanol–water partition coefficient (Wildman–Crippen LogP) is 4.72. The summed E-state index contributed by atoms with van der Waals surface area (Å²) in [5, 5.41) is 4.25. The number of allylic oxidation sites excluding steroid dienone is 1. The third kappa shape index (κ3) is 3.62. The van der Waals surface area contributed by atoms with Gasteiger partial charge < -0.3 is 5.32 Å². The molecule has 16 heavy (non-hydrogen) atoms. The molecule has 0 aliphatic rings. The van der Waals surface area contributed by atoms with Crippen LogP contribution in [0, 0.1) is 0 Å². The van der Waals surface area contributed by atoms with Gasteiger partial charge in [-0.1, -0.05) is 36.7 Å². The molecule has 1 N–H and O–H groups in total. The number of rotatable bonds is 6. The fraction of sp³-hybridized carbons (Fsp3) is 0.385. The van der Waals surface area contributed by atoms with E-state index in [0.29, 0.717) is 6.04 Å². The molecule has 1 aromatic rings. The zero-order valence-electron chi connectivity index (χ0n) is 9.47. The first-order valence-electron chi connectivity index (χ1n) is 5.48. The van der Waals surface area contributed by atoms with Gasteiger partial charge in [-0.15, -0.1) is 6.58 Å². The SMILES string of the molecule is C=CCCC(NCC)c1cccc(Br)c1Cl. The van der Waals surface area contributed by atoms with Crippen LogP contribution in [0.5, 0.6) is 0 Å². The molecule has 1 aromatic carbocycles. The van der Waals surface area contributed by atoms with Gasteiger partial charge in [0, 0.05) is 10.5 Å². The zero-order valence-corrected chi connectivity index (χ0v) is 11.8. The summed E-state index contributed by atoms with van der Waals surface area (Å²) in [6.45, 7) is 6.80. The van der Waals surface area contributed by atoms with Crippen molar-refractivity contribution in [1.82, 2.24) is 5.32 Å². The molecule has 0 saturated carbocycles. The normalized spacial score (nSPS) is 12.4. The molecule has 3 heteroatoms. The van der Waals surface area contributed by atoms with Crippen molar-refractivity contribution in [3.05, 3.63) is 45.9 Å². The Hall–Kier alpha value is -0.310. The van der Waals surface area contributed by atoms with Gasteiger partial charge in [-0.3, -0.25) is 0 Å². The van der Waals surface area contributed by atoms with Gasteiger partial charge in [0.25, 0.3) is 0 Å². The van der Waals surface area contributed by atoms with Gasteiger partial charge in [-0.2, -0.15) is 0 Å². The highest BCUT2D eigenvalue weighted by Crippen LogP contribution is 2.32. The first-order valence-corrected chi connectivity index (χ1v) is 6.66. The quantitative estimate of drug-likeness (QED) is 0.750. The smallest absolute Gasteiger partial charge is 0.0595 e. The van der Waals surface area contributed by atoms with E-state index in [4.69, 9.17) is 11.6 Å². The molecular weight excluding hydrogens is 286 g/mol. The van der Waals surface area contributed by atoms with E-state index in [2.05, 4.69) is 40.8 Å². The van der Waals surface area contributed by atoms with Crippen LogP contribution in [0.4, 0.5) is 0 Å². The Labute approximate surface area is 111 Å². The summed E-state index contributed by atoms with van der Waals surface area (Å²) in [7, 11) is 0. The Morgan fingerprint density at radius 3 is 2.94 bits per heavy atom. The minimum atomic E-state index is 0.299. The minimum absolute atomic E-state index is 0.299. The lowest BCUT2D eigenvalue weighted by molar-refractivity contribution is 0.520. The van der Waals surface area contributed by atoms with Crippen LogP contribution in [0.2, 0.25) is 5.02 Å². The zero-order chi connectivity index (χ0) is 12.0. The summed E-state index contributed by atoms with van der Waals surface area (Å²) < 4.78 is 0.952. The van der Waals surface area contributed by atoms with Crippen LogP contribution >= 0.6 is 27.5 Å². The molecule has 0 bridgehead atoms. The van der Waals surface area contributed by atoms with Crippen LogP contribution in [0.15, 0.2) is 35.3 Å². The van der Waals surface area contributed by atoms with Crippen molar-refractivity contribution in [3.63, 3.8) is 0 Å². The Morgan fingerprint density at radius 1 is 1.56 bits per heavy atom. The molecule has 0 spiro atoms. The molecule has 1 rings (SSSR count). The molecule has 0 fully saturated rings. The predicted molar refractivity (Wildman–Crippen MR) is 75.0 cm³/mol. The van der Waals surface area contributed by atoms with Crippen LogP contribution in [-0.2, 0) is 0 Å². The van der Waals surface area contributed by atoms with Crippen molar-refractivity contribution < 1.29 is 0 Å². The third-order valence-electron chi connectivity index (χ3n) is 2.47. The van der Waals surface area contributed by atoms with E-state index in [1.807, 2.05) is 18.2 Å². The summed E-state index contributed by atoms with van der Waals surface area (Å²) in [6, 6.07) is 6.35. The van der Waals surface area contributed by atoms with Crippen molar-refractivity contribution >= 4 is 27.5 Å². The van der Waals surface area contributed by atoms with Crippen molar-refractivity contribution in [2.24, 2.45) is 0 Å². The maximum Gasteiger partial charge on any atom is 0.0595 e. The number of benzene rings is 1. The standard InChI is InChI=1S/C13H17BrClN/c1-3-5-9-12(16-4-2)10-7-6-8-11(14)13(10)15/h3,6-8,12,16H,1,4-5,9H2,2H3. The van der Waals surface area contributed by atoms with E-state index in [1.165, 1.54) is 0 Å². The van der Waals surface area contributed by atoms with Crippen LogP contribution in [0.25, 0.3) is 0 Å². The van der Waals surface area contributed by atoms with Crippen LogP contribution < -0.4 is 5.32 Å². The Kier molecular flexibility index (Phi) is 6.10. The Balaban J connectivity index is 2.90. The van der Waals surface area contributed by atoms with Gasteiger partial charge in [0.2, 0.25) is 0 Å². The van der Waals surface area contributed by atoms with Gasteiger partial charge in [0.15, 0.2) is 0 Å². The third-order valence-corrected chi connectivity index (χ3v) is 3.78. The second-order valence-electron chi connectivity index (χ2n) is 3.62. The number of halogens is 2. The van der Waals surface area contributed by atoms with Gasteiger partial charge in [0.05, 0.1) is 5.02 Å². The lowest BCUT2D eigenvalue weighted by Crippen LogP contribution is -2.21. The van der Waals surface area contributed by atoms with Gasteiger partial charge in [0.1, 0.15) is 0 Å². The maximum absolute atomic E-state index is 6.29. The van der Waals surface area contributed by atoms with E-state index < -0.39 is 0 Å². The highest BCUT2D eigenvalue weighted by atomic mass is 79.9. The monoisotopic (exact) mass is 301 g/mol. The van der Waals surface area contributed by atoms with Crippen LogP contribution in [-0.4, -0.2) is 6.54 Å². The minimum Gasteiger partial charge on any atom is -0.310 e. The first-order chi connectivity index (χ1) is 7.70. The number of nitrogens with one attached hydrogen (secondary N) is 1. The molecular formula is C13H17BrClN. The molecule has 0 saturated heterocycles. The lowest BCUT2D eigenvalue weighted by atomic mass is 10.0. The molecule has 88 valence electrons. The van der Waals surface area contributed by atoms with E-state index in [1.54, 1.807) is 0 Å². The van der Waals surface area contributed by atoms with Gasteiger partial charge in [-0.25, -0.2) is 0 Å². The topological polar surface area (TPSA) is 12.0 Å². The summed E-state index contributed by atoms with van der Waals surface area (Å²) in [5.41, 5.74) is 1.15. The van der Waals surface area contributed by atoms with E-state index >= 15 is 0 Å². The maximum atomic E-state index is 6.29. The molecule has 0 amide bonds. The second kappa shape index (κ2) is 7.10. The Bertz CT molecular complexity index is 352. The van der Waals surface area contributed by atoms with Crippen molar-refractivity contribution in [2.45, 2.75) is 25.8 Å². The molecule has 0 heterocycles. The molecule has 0 aromatic heterocycles. The van der Waals surface area contributed by atoms with Gasteiger partial charge >= 0.3 is 0 Å². The summed E-state index contributed by atoms with van der Waals surface area (Å²) in [5.74, 6) is 0. The fourth-order valence-electron chi connectivity index (χ4n) is 1.69. The summed E-state index contributed by atoms with van der Waals surface area (Å²) in [6.07, 6.45) is 3.95. The number of hydrogen-bond acceptors (Lipinski definition) is 1. The summed E-state index contributed by atoms with van der Waals surface area (Å²) in [4.78, 5) is 0. The van der Waals surface area contributed by atoms with E-state index in [-0.39, 0.29) is 0 Å². The van der Waals surface area contributed by atoms with Crippen LogP contribution in [0.1, 0.15) is 31.4 Å². The van der Waals surface area contributed by atoms with Crippen molar-refractivity contribution in [2.75, 3.05) is 6.54 Å². The first kappa shape index (κ1) is 13.8. The van der Waals surface area contributed by atoms with E-state index in [0.717, 1.165) is 34.4 Å². The average Bonchev–Trinajstić information content (AvgIpc) is 2.28. The Morgan fingerprint density at radius 2 is 2.31 bits per heavy atom. The van der Waals surface area contributed by atoms with Crippen LogP contribution in [0.3, 0.4) is 0 Å². The fourth-order valence-corrected chi connectivity index (χ4v) is 2.33. The highest BCUT2D eigenvalue weighted by Gasteiger charge is 2.14. The van der Waals surface area contributed by atoms with E-state index in [9.17, 15) is 0 Å². The highest BCUT2D eigenvalue weighted by molar-refractivity contribution is 9.10. The summed E-state index contributed by atoms with van der Waals surface area (Å²) >= 11 is 9.74. The van der Waals surface area contributed by atoms with Crippen molar-refractivity contribution in [3.8, 4) is 0 Å². The average molecular weight is 303 g/mol. The molecule has 0 radical (unpaired) electrons. The lowest BCUT2D eigenvalue weighted by Gasteiger charge is -2.19. The largest absolute Gasteiger partial charge is 0.310 e. The second-order valence-corrected chi connectivity index (χ2v) is 4.85.